The van der Waals surface area contributed by atoms with Crippen LogP contribution in [0.4, 0.5) is 4.79 Å². The molecule has 5 nitrogen and oxygen atoms in total. The first kappa shape index (κ1) is 16.9. The second-order valence-electron chi connectivity index (χ2n) is 7.23. The first-order chi connectivity index (χ1) is 10.3. The number of piperidine rings is 1. The van der Waals surface area contributed by atoms with Crippen molar-refractivity contribution in [2.24, 2.45) is 5.92 Å². The number of nitrogens with zero attached hydrogens (tertiary/aromatic N) is 1. The Hall–Kier alpha value is -1.49. The third-order valence-electron chi connectivity index (χ3n) is 3.85. The van der Waals surface area contributed by atoms with Gasteiger partial charge < -0.3 is 15.0 Å². The number of ether oxygens (including phenoxy) is 1. The summed E-state index contributed by atoms with van der Waals surface area (Å²) in [6.07, 6.45) is 8.39. The summed E-state index contributed by atoms with van der Waals surface area (Å²) >= 11 is 0. The zero-order valence-electron chi connectivity index (χ0n) is 14.2. The molecule has 0 bridgehead atoms. The maximum atomic E-state index is 12.2. The molecule has 1 saturated heterocycles. The van der Waals surface area contributed by atoms with E-state index in [1.807, 2.05) is 31.9 Å². The molecular weight excluding hydrogens is 278 g/mol. The Kier molecular flexibility index (Phi) is 5.51. The highest BCUT2D eigenvalue weighted by Crippen LogP contribution is 2.19. The maximum Gasteiger partial charge on any atom is 0.410 e. The Labute approximate surface area is 133 Å². The van der Waals surface area contributed by atoms with Gasteiger partial charge in [0.2, 0.25) is 0 Å². The van der Waals surface area contributed by atoms with E-state index >= 15 is 0 Å². The lowest BCUT2D eigenvalue weighted by Gasteiger charge is -2.34. The van der Waals surface area contributed by atoms with Gasteiger partial charge in [-0.15, -0.1) is 0 Å². The van der Waals surface area contributed by atoms with Gasteiger partial charge in [0.25, 0.3) is 0 Å². The van der Waals surface area contributed by atoms with Gasteiger partial charge in [0, 0.05) is 19.6 Å². The Morgan fingerprint density at radius 2 is 2.27 bits per heavy atom. The summed E-state index contributed by atoms with van der Waals surface area (Å²) in [6, 6.07) is 0. The summed E-state index contributed by atoms with van der Waals surface area (Å²) in [5, 5.41) is 6.79. The molecule has 0 spiro atoms. The lowest BCUT2D eigenvalue weighted by Crippen LogP contribution is -2.47. The van der Waals surface area contributed by atoms with E-state index in [1.165, 1.54) is 5.57 Å². The molecule has 2 heterocycles. The SMILES string of the molecule is CC1=CC(NC[C@H]2CCCN(C(=O)OC(C)(C)C)C2)NC=C1. The summed E-state index contributed by atoms with van der Waals surface area (Å²) in [7, 11) is 0. The molecule has 2 aliphatic rings. The predicted octanol–water partition coefficient (Wildman–Crippen LogP) is 2.61. The molecule has 1 fully saturated rings. The van der Waals surface area contributed by atoms with E-state index in [0.29, 0.717) is 5.92 Å². The monoisotopic (exact) mass is 307 g/mol. The number of nitrogens with one attached hydrogen (secondary N) is 2. The second-order valence-corrected chi connectivity index (χ2v) is 7.23. The van der Waals surface area contributed by atoms with Crippen LogP contribution in [-0.4, -0.2) is 42.4 Å². The van der Waals surface area contributed by atoms with E-state index in [9.17, 15) is 4.79 Å². The van der Waals surface area contributed by atoms with Crippen LogP contribution in [0, 0.1) is 5.92 Å². The minimum atomic E-state index is -0.428. The molecule has 2 atom stereocenters. The smallest absolute Gasteiger partial charge is 0.410 e. The zero-order valence-corrected chi connectivity index (χ0v) is 14.2. The molecular formula is C17H29N3O2. The Morgan fingerprint density at radius 3 is 2.95 bits per heavy atom. The average Bonchev–Trinajstić information content (AvgIpc) is 2.44. The van der Waals surface area contributed by atoms with E-state index in [0.717, 1.165) is 32.5 Å². The van der Waals surface area contributed by atoms with Crippen LogP contribution < -0.4 is 10.6 Å². The van der Waals surface area contributed by atoms with Crippen molar-refractivity contribution in [3.8, 4) is 0 Å². The highest BCUT2D eigenvalue weighted by molar-refractivity contribution is 5.68. The third-order valence-corrected chi connectivity index (χ3v) is 3.85. The minimum Gasteiger partial charge on any atom is -0.444 e. The minimum absolute atomic E-state index is 0.182. The fraction of sp³-hybridized carbons (Fsp3) is 0.706. The fourth-order valence-electron chi connectivity index (χ4n) is 2.79. The maximum absolute atomic E-state index is 12.2. The van der Waals surface area contributed by atoms with Gasteiger partial charge >= 0.3 is 6.09 Å². The van der Waals surface area contributed by atoms with Crippen molar-refractivity contribution in [2.75, 3.05) is 19.6 Å². The van der Waals surface area contributed by atoms with E-state index in [-0.39, 0.29) is 12.3 Å². The first-order valence-corrected chi connectivity index (χ1v) is 8.16. The third kappa shape index (κ3) is 5.37. The standard InChI is InChI=1S/C17H29N3O2/c1-13-7-8-18-15(10-13)19-11-14-6-5-9-20(12-14)16(21)22-17(2,3)4/h7-8,10,14-15,18-19H,5-6,9,11-12H2,1-4H3/t14-,15?/m1/s1. The topological polar surface area (TPSA) is 53.6 Å². The summed E-state index contributed by atoms with van der Waals surface area (Å²) < 4.78 is 5.47. The number of carbonyl (C=O) groups is 1. The summed E-state index contributed by atoms with van der Waals surface area (Å²) in [6.45, 7) is 10.3. The van der Waals surface area contributed by atoms with E-state index in [1.54, 1.807) is 0 Å². The number of dihydropyridines is 1. The molecule has 5 heteroatoms. The van der Waals surface area contributed by atoms with Crippen LogP contribution in [0.25, 0.3) is 0 Å². The highest BCUT2D eigenvalue weighted by Gasteiger charge is 2.27. The predicted molar refractivity (Wildman–Crippen MR) is 88.4 cm³/mol. The number of hydrogen-bond acceptors (Lipinski definition) is 4. The van der Waals surface area contributed by atoms with Crippen molar-refractivity contribution in [1.29, 1.82) is 0 Å². The number of carbonyl (C=O) groups excluding carboxylic acids is 1. The molecule has 0 aromatic heterocycles. The van der Waals surface area contributed by atoms with E-state index < -0.39 is 5.60 Å². The van der Waals surface area contributed by atoms with Gasteiger partial charge in [-0.2, -0.15) is 0 Å². The lowest BCUT2D eigenvalue weighted by molar-refractivity contribution is 0.0165. The van der Waals surface area contributed by atoms with Gasteiger partial charge in [-0.3, -0.25) is 5.32 Å². The van der Waals surface area contributed by atoms with Gasteiger partial charge in [0.05, 0.1) is 6.17 Å². The Morgan fingerprint density at radius 1 is 1.50 bits per heavy atom. The van der Waals surface area contributed by atoms with Crippen LogP contribution in [-0.2, 0) is 4.74 Å². The van der Waals surface area contributed by atoms with Crippen molar-refractivity contribution in [1.82, 2.24) is 15.5 Å². The summed E-state index contributed by atoms with van der Waals surface area (Å²) in [5.41, 5.74) is 0.832. The number of rotatable bonds is 3. The second kappa shape index (κ2) is 7.18. The van der Waals surface area contributed by atoms with Gasteiger partial charge in [0.15, 0.2) is 0 Å². The molecule has 0 aliphatic carbocycles. The molecule has 0 aromatic rings. The Bertz CT molecular complexity index is 451. The largest absolute Gasteiger partial charge is 0.444 e. The van der Waals surface area contributed by atoms with Crippen LogP contribution in [0.3, 0.4) is 0 Å². The number of likely N-dealkylation sites (tertiary alicyclic amines) is 1. The van der Waals surface area contributed by atoms with Crippen molar-refractivity contribution in [3.05, 3.63) is 23.9 Å². The van der Waals surface area contributed by atoms with Crippen LogP contribution in [0.2, 0.25) is 0 Å². The van der Waals surface area contributed by atoms with Crippen molar-refractivity contribution in [3.63, 3.8) is 0 Å². The fourth-order valence-corrected chi connectivity index (χ4v) is 2.79. The quantitative estimate of drug-likeness (QED) is 0.841. The van der Waals surface area contributed by atoms with Crippen LogP contribution in [0.5, 0.6) is 0 Å². The molecule has 22 heavy (non-hydrogen) atoms. The molecule has 2 N–H and O–H groups in total. The summed E-state index contributed by atoms with van der Waals surface area (Å²) in [4.78, 5) is 14.0. The van der Waals surface area contributed by atoms with Gasteiger partial charge in [-0.05, 0) is 64.8 Å². The van der Waals surface area contributed by atoms with E-state index in [4.69, 9.17) is 4.74 Å². The molecule has 0 aromatic carbocycles. The van der Waals surface area contributed by atoms with Crippen LogP contribution in [0.15, 0.2) is 23.9 Å². The van der Waals surface area contributed by atoms with Gasteiger partial charge in [-0.1, -0.05) is 5.57 Å². The first-order valence-electron chi connectivity index (χ1n) is 8.16. The normalized spacial score (nSPS) is 25.5. The lowest BCUT2D eigenvalue weighted by atomic mass is 9.98. The average molecular weight is 307 g/mol. The molecule has 1 amide bonds. The number of amides is 1. The molecule has 2 rings (SSSR count). The summed E-state index contributed by atoms with van der Waals surface area (Å²) in [5.74, 6) is 0.475. The van der Waals surface area contributed by atoms with Crippen molar-refractivity contribution >= 4 is 6.09 Å². The molecule has 124 valence electrons. The van der Waals surface area contributed by atoms with Gasteiger partial charge in [0.1, 0.15) is 5.60 Å². The molecule has 0 radical (unpaired) electrons. The van der Waals surface area contributed by atoms with E-state index in [2.05, 4.69) is 29.7 Å². The molecule has 2 aliphatic heterocycles. The number of hydrogen-bond donors (Lipinski definition) is 2. The Balaban J connectivity index is 1.78. The molecule has 1 unspecified atom stereocenters. The number of allylic oxidation sites excluding steroid dienone is 2. The highest BCUT2D eigenvalue weighted by atomic mass is 16.6. The molecule has 0 saturated carbocycles. The van der Waals surface area contributed by atoms with Crippen LogP contribution >= 0.6 is 0 Å². The zero-order chi connectivity index (χ0) is 16.2. The van der Waals surface area contributed by atoms with Crippen molar-refractivity contribution < 1.29 is 9.53 Å². The van der Waals surface area contributed by atoms with Crippen molar-refractivity contribution in [2.45, 2.75) is 52.3 Å². The van der Waals surface area contributed by atoms with Gasteiger partial charge in [-0.25, -0.2) is 4.79 Å². The van der Waals surface area contributed by atoms with Crippen LogP contribution in [0.1, 0.15) is 40.5 Å².